The molecule has 16 heavy (non-hydrogen) atoms. The standard InChI is InChI=1S/C12H19NO3/c1-7(2)10(12(14)15)11(13-4)9-6-5-8(3)16-9/h5-7,10-11,13H,1-4H3,(H,14,15). The Morgan fingerprint density at radius 2 is 2.06 bits per heavy atom. The van der Waals surface area contributed by atoms with Gasteiger partial charge in [-0.25, -0.2) is 0 Å². The number of hydrogen-bond acceptors (Lipinski definition) is 3. The van der Waals surface area contributed by atoms with E-state index in [2.05, 4.69) is 5.32 Å². The Kier molecular flexibility index (Phi) is 4.12. The Balaban J connectivity index is 3.00. The van der Waals surface area contributed by atoms with Crippen molar-refractivity contribution in [1.29, 1.82) is 0 Å². The quantitative estimate of drug-likeness (QED) is 0.806. The maximum Gasteiger partial charge on any atom is 0.308 e. The largest absolute Gasteiger partial charge is 0.481 e. The first kappa shape index (κ1) is 12.8. The molecule has 1 aromatic heterocycles. The van der Waals surface area contributed by atoms with Gasteiger partial charge in [-0.15, -0.1) is 0 Å². The van der Waals surface area contributed by atoms with Crippen molar-refractivity contribution in [2.24, 2.45) is 11.8 Å². The summed E-state index contributed by atoms with van der Waals surface area (Å²) >= 11 is 0. The topological polar surface area (TPSA) is 62.5 Å². The number of carboxylic acids is 1. The van der Waals surface area contributed by atoms with Crippen molar-refractivity contribution in [2.45, 2.75) is 26.8 Å². The third-order valence-electron chi connectivity index (χ3n) is 2.74. The van der Waals surface area contributed by atoms with E-state index in [1.165, 1.54) is 0 Å². The van der Waals surface area contributed by atoms with Crippen LogP contribution in [0.4, 0.5) is 0 Å². The van der Waals surface area contributed by atoms with Crippen LogP contribution >= 0.6 is 0 Å². The summed E-state index contributed by atoms with van der Waals surface area (Å²) in [6.07, 6.45) is 0. The van der Waals surface area contributed by atoms with E-state index in [1.54, 1.807) is 7.05 Å². The van der Waals surface area contributed by atoms with Gasteiger partial charge in [-0.1, -0.05) is 13.8 Å². The molecule has 0 aliphatic heterocycles. The summed E-state index contributed by atoms with van der Waals surface area (Å²) in [6.45, 7) is 5.65. The smallest absolute Gasteiger partial charge is 0.308 e. The van der Waals surface area contributed by atoms with Crippen LogP contribution in [-0.4, -0.2) is 18.1 Å². The molecule has 0 saturated carbocycles. The van der Waals surface area contributed by atoms with E-state index in [1.807, 2.05) is 32.9 Å². The molecule has 0 aromatic carbocycles. The van der Waals surface area contributed by atoms with Crippen molar-refractivity contribution in [2.75, 3.05) is 7.05 Å². The number of carbonyl (C=O) groups is 1. The number of furan rings is 1. The van der Waals surface area contributed by atoms with Crippen LogP contribution in [0.5, 0.6) is 0 Å². The first-order valence-corrected chi connectivity index (χ1v) is 5.43. The first-order valence-electron chi connectivity index (χ1n) is 5.43. The number of rotatable bonds is 5. The highest BCUT2D eigenvalue weighted by molar-refractivity contribution is 5.71. The zero-order chi connectivity index (χ0) is 12.3. The molecule has 0 spiro atoms. The predicted octanol–water partition coefficient (Wildman–Crippen LogP) is 2.21. The maximum atomic E-state index is 11.2. The fourth-order valence-electron chi connectivity index (χ4n) is 1.93. The van der Waals surface area contributed by atoms with Gasteiger partial charge in [0.05, 0.1) is 12.0 Å². The van der Waals surface area contributed by atoms with Crippen LogP contribution in [0, 0.1) is 18.8 Å². The highest BCUT2D eigenvalue weighted by Crippen LogP contribution is 2.29. The molecule has 0 aliphatic carbocycles. The molecule has 1 heterocycles. The van der Waals surface area contributed by atoms with Crippen molar-refractivity contribution in [3.05, 3.63) is 23.7 Å². The van der Waals surface area contributed by atoms with Crippen LogP contribution in [0.1, 0.15) is 31.4 Å². The zero-order valence-corrected chi connectivity index (χ0v) is 10.2. The zero-order valence-electron chi connectivity index (χ0n) is 10.2. The molecule has 90 valence electrons. The maximum absolute atomic E-state index is 11.2. The Bertz CT molecular complexity index is 357. The van der Waals surface area contributed by atoms with Crippen molar-refractivity contribution in [3.63, 3.8) is 0 Å². The van der Waals surface area contributed by atoms with E-state index < -0.39 is 11.9 Å². The third kappa shape index (κ3) is 2.64. The number of carboxylic acid groups (broad SMARTS) is 1. The van der Waals surface area contributed by atoms with Crippen LogP contribution in [0.2, 0.25) is 0 Å². The molecule has 0 amide bonds. The van der Waals surface area contributed by atoms with E-state index in [-0.39, 0.29) is 12.0 Å². The molecular weight excluding hydrogens is 206 g/mol. The summed E-state index contributed by atoms with van der Waals surface area (Å²) in [6, 6.07) is 3.39. The van der Waals surface area contributed by atoms with Gasteiger partial charge in [0.1, 0.15) is 11.5 Å². The number of nitrogens with one attached hydrogen (secondary N) is 1. The lowest BCUT2D eigenvalue weighted by molar-refractivity contribution is -0.144. The average molecular weight is 225 g/mol. The lowest BCUT2D eigenvalue weighted by Crippen LogP contribution is -2.34. The van der Waals surface area contributed by atoms with Gasteiger partial charge in [0.2, 0.25) is 0 Å². The normalized spacial score (nSPS) is 15.1. The number of aliphatic carboxylic acids is 1. The summed E-state index contributed by atoms with van der Waals surface area (Å²) in [5.74, 6) is 0.226. The second-order valence-corrected chi connectivity index (χ2v) is 4.32. The molecule has 4 nitrogen and oxygen atoms in total. The summed E-state index contributed by atoms with van der Waals surface area (Å²) in [7, 11) is 1.75. The molecule has 0 fully saturated rings. The van der Waals surface area contributed by atoms with Crippen LogP contribution in [0.25, 0.3) is 0 Å². The molecule has 2 atom stereocenters. The van der Waals surface area contributed by atoms with Crippen LogP contribution in [0.3, 0.4) is 0 Å². The Labute approximate surface area is 95.7 Å². The SMILES string of the molecule is CNC(c1ccc(C)o1)C(C(=O)O)C(C)C. The minimum atomic E-state index is -0.802. The molecule has 4 heteroatoms. The predicted molar refractivity (Wildman–Crippen MR) is 61.2 cm³/mol. The molecule has 0 saturated heterocycles. The van der Waals surface area contributed by atoms with E-state index in [4.69, 9.17) is 4.42 Å². The molecule has 0 aliphatic rings. The first-order chi connectivity index (χ1) is 7.47. The molecule has 1 aromatic rings. The second kappa shape index (κ2) is 5.16. The van der Waals surface area contributed by atoms with Crippen LogP contribution < -0.4 is 5.32 Å². The number of hydrogen-bond donors (Lipinski definition) is 2. The average Bonchev–Trinajstić information content (AvgIpc) is 2.59. The molecule has 2 N–H and O–H groups in total. The molecular formula is C12H19NO3. The number of aryl methyl sites for hydroxylation is 1. The fraction of sp³-hybridized carbons (Fsp3) is 0.583. The van der Waals surface area contributed by atoms with Crippen LogP contribution in [0.15, 0.2) is 16.5 Å². The monoisotopic (exact) mass is 225 g/mol. The van der Waals surface area contributed by atoms with Crippen molar-refractivity contribution < 1.29 is 14.3 Å². The van der Waals surface area contributed by atoms with Crippen molar-refractivity contribution in [1.82, 2.24) is 5.32 Å². The van der Waals surface area contributed by atoms with Gasteiger partial charge in [-0.3, -0.25) is 4.79 Å². The highest BCUT2D eigenvalue weighted by Gasteiger charge is 2.32. The Morgan fingerprint density at radius 1 is 1.44 bits per heavy atom. The summed E-state index contributed by atoms with van der Waals surface area (Å²) in [5, 5.41) is 12.3. The second-order valence-electron chi connectivity index (χ2n) is 4.32. The van der Waals surface area contributed by atoms with Crippen molar-refractivity contribution >= 4 is 5.97 Å². The summed E-state index contributed by atoms with van der Waals surface area (Å²) in [4.78, 5) is 11.2. The van der Waals surface area contributed by atoms with E-state index in [0.717, 1.165) is 5.76 Å². The Morgan fingerprint density at radius 3 is 2.38 bits per heavy atom. The van der Waals surface area contributed by atoms with Gasteiger partial charge < -0.3 is 14.8 Å². The lowest BCUT2D eigenvalue weighted by atomic mass is 9.87. The lowest BCUT2D eigenvalue weighted by Gasteiger charge is -2.24. The van der Waals surface area contributed by atoms with Gasteiger partial charge >= 0.3 is 5.97 Å². The highest BCUT2D eigenvalue weighted by atomic mass is 16.4. The van der Waals surface area contributed by atoms with Gasteiger partial charge in [0.25, 0.3) is 0 Å². The van der Waals surface area contributed by atoms with E-state index in [0.29, 0.717) is 5.76 Å². The van der Waals surface area contributed by atoms with Gasteiger partial charge in [0.15, 0.2) is 0 Å². The third-order valence-corrected chi connectivity index (χ3v) is 2.74. The molecule has 0 bridgehead atoms. The van der Waals surface area contributed by atoms with Gasteiger partial charge in [0, 0.05) is 0 Å². The minimum Gasteiger partial charge on any atom is -0.481 e. The van der Waals surface area contributed by atoms with E-state index >= 15 is 0 Å². The van der Waals surface area contributed by atoms with Crippen LogP contribution in [-0.2, 0) is 4.79 Å². The van der Waals surface area contributed by atoms with Gasteiger partial charge in [-0.05, 0) is 32.0 Å². The molecule has 2 unspecified atom stereocenters. The molecule has 1 rings (SSSR count). The minimum absolute atomic E-state index is 0.0420. The van der Waals surface area contributed by atoms with Crippen molar-refractivity contribution in [3.8, 4) is 0 Å². The summed E-state index contributed by atoms with van der Waals surface area (Å²) < 4.78 is 5.49. The Hall–Kier alpha value is -1.29. The van der Waals surface area contributed by atoms with E-state index in [9.17, 15) is 9.90 Å². The van der Waals surface area contributed by atoms with Gasteiger partial charge in [-0.2, -0.15) is 0 Å². The summed E-state index contributed by atoms with van der Waals surface area (Å²) in [5.41, 5.74) is 0. The fourth-order valence-corrected chi connectivity index (χ4v) is 1.93. The molecule has 0 radical (unpaired) electrons.